The van der Waals surface area contributed by atoms with Crippen molar-refractivity contribution in [1.29, 1.82) is 0 Å². The molecule has 0 saturated carbocycles. The molecule has 0 atom stereocenters. The van der Waals surface area contributed by atoms with Crippen molar-refractivity contribution in [2.45, 2.75) is 0 Å². The topological polar surface area (TPSA) is 63.4 Å². The predicted molar refractivity (Wildman–Crippen MR) is 57.4 cm³/mol. The van der Waals surface area contributed by atoms with E-state index in [-0.39, 0.29) is 6.54 Å². The molecule has 78 valence electrons. The second-order valence-electron chi connectivity index (χ2n) is 2.90. The molecule has 0 bridgehead atoms. The van der Waals surface area contributed by atoms with Crippen LogP contribution in [0.3, 0.4) is 0 Å². The van der Waals surface area contributed by atoms with Crippen molar-refractivity contribution < 1.29 is 9.59 Å². The lowest BCUT2D eigenvalue weighted by Gasteiger charge is -2.09. The van der Waals surface area contributed by atoms with Gasteiger partial charge >= 0.3 is 0 Å². The zero-order chi connectivity index (χ0) is 11.1. The van der Waals surface area contributed by atoms with E-state index in [0.29, 0.717) is 6.29 Å². The van der Waals surface area contributed by atoms with Gasteiger partial charge in [0.05, 0.1) is 6.54 Å². The monoisotopic (exact) mass is 204 g/mol. The van der Waals surface area contributed by atoms with E-state index in [1.54, 1.807) is 6.08 Å². The van der Waals surface area contributed by atoms with Crippen LogP contribution in [0, 0.1) is 0 Å². The molecule has 1 amide bonds. The zero-order valence-corrected chi connectivity index (χ0v) is 8.17. The fourth-order valence-electron chi connectivity index (χ4n) is 0.998. The molecule has 4 heteroatoms. The minimum absolute atomic E-state index is 0.0992. The molecule has 0 radical (unpaired) electrons. The van der Waals surface area contributed by atoms with Crippen molar-refractivity contribution in [3.63, 3.8) is 0 Å². The highest BCUT2D eigenvalue weighted by Crippen LogP contribution is 2.00. The number of nitrogens with zero attached hydrogens (tertiary/aromatic N) is 1. The van der Waals surface area contributed by atoms with Gasteiger partial charge in [-0.2, -0.15) is 0 Å². The Morgan fingerprint density at radius 2 is 2.00 bits per heavy atom. The Hall–Kier alpha value is -1.94. The Kier molecular flexibility index (Phi) is 4.25. The first kappa shape index (κ1) is 11.1. The van der Waals surface area contributed by atoms with Gasteiger partial charge in [0.1, 0.15) is 6.29 Å². The summed E-state index contributed by atoms with van der Waals surface area (Å²) in [7, 11) is 0. The summed E-state index contributed by atoms with van der Waals surface area (Å²) in [6, 6.07) is 9.36. The number of hydrazine groups is 1. The third-order valence-electron chi connectivity index (χ3n) is 1.77. The van der Waals surface area contributed by atoms with E-state index >= 15 is 0 Å². The van der Waals surface area contributed by atoms with Gasteiger partial charge in [-0.05, 0) is 11.6 Å². The summed E-state index contributed by atoms with van der Waals surface area (Å²) in [6.45, 7) is -0.0992. The van der Waals surface area contributed by atoms with Gasteiger partial charge in [-0.1, -0.05) is 30.3 Å². The Balaban J connectivity index is 2.58. The van der Waals surface area contributed by atoms with E-state index in [4.69, 9.17) is 5.84 Å². The summed E-state index contributed by atoms with van der Waals surface area (Å²) in [4.78, 5) is 21.4. The summed E-state index contributed by atoms with van der Waals surface area (Å²) >= 11 is 0. The molecule has 1 aromatic rings. The molecule has 0 spiro atoms. The number of nitrogens with two attached hydrogens (primary N) is 1. The number of hydrogen-bond acceptors (Lipinski definition) is 3. The SMILES string of the molecule is NN(CC=O)C(=O)/C=C/c1ccccc1. The number of benzene rings is 1. The molecule has 15 heavy (non-hydrogen) atoms. The molecule has 0 aromatic heterocycles. The molecule has 2 N–H and O–H groups in total. The Labute approximate surface area is 88.0 Å². The summed E-state index contributed by atoms with van der Waals surface area (Å²) in [5.41, 5.74) is 0.908. The maximum Gasteiger partial charge on any atom is 0.260 e. The molecule has 1 rings (SSSR count). The van der Waals surface area contributed by atoms with Gasteiger partial charge in [0.15, 0.2) is 0 Å². The van der Waals surface area contributed by atoms with Crippen molar-refractivity contribution in [2.75, 3.05) is 6.54 Å². The Morgan fingerprint density at radius 1 is 1.33 bits per heavy atom. The first-order chi connectivity index (χ1) is 7.24. The summed E-state index contributed by atoms with van der Waals surface area (Å²) in [6.07, 6.45) is 3.56. The molecule has 0 aliphatic rings. The number of carbonyl (C=O) groups is 2. The quantitative estimate of drug-likeness (QED) is 0.257. The van der Waals surface area contributed by atoms with Crippen LogP contribution < -0.4 is 5.84 Å². The van der Waals surface area contributed by atoms with Gasteiger partial charge in [0.25, 0.3) is 5.91 Å². The van der Waals surface area contributed by atoms with Crippen molar-refractivity contribution in [3.05, 3.63) is 42.0 Å². The third-order valence-corrected chi connectivity index (χ3v) is 1.77. The Bertz CT molecular complexity index is 360. The zero-order valence-electron chi connectivity index (χ0n) is 8.17. The second-order valence-corrected chi connectivity index (χ2v) is 2.90. The smallest absolute Gasteiger partial charge is 0.260 e. The molecule has 0 aliphatic carbocycles. The van der Waals surface area contributed by atoms with Crippen LogP contribution in [0.25, 0.3) is 6.08 Å². The van der Waals surface area contributed by atoms with Crippen LogP contribution in [-0.2, 0) is 9.59 Å². The predicted octanol–water partition coefficient (Wildman–Crippen LogP) is 0.601. The van der Waals surface area contributed by atoms with Gasteiger partial charge in [-0.3, -0.25) is 9.80 Å². The number of aldehydes is 1. The van der Waals surface area contributed by atoms with E-state index in [2.05, 4.69) is 0 Å². The van der Waals surface area contributed by atoms with Gasteiger partial charge < -0.3 is 4.79 Å². The van der Waals surface area contributed by atoms with Crippen molar-refractivity contribution >= 4 is 18.3 Å². The minimum Gasteiger partial charge on any atom is -0.301 e. The summed E-state index contributed by atoms with van der Waals surface area (Å²) < 4.78 is 0. The average Bonchev–Trinajstić information content (AvgIpc) is 2.27. The molecular formula is C11H12N2O2. The van der Waals surface area contributed by atoms with E-state index in [1.807, 2.05) is 30.3 Å². The number of rotatable bonds is 4. The fraction of sp³-hybridized carbons (Fsp3) is 0.0909. The lowest BCUT2D eigenvalue weighted by molar-refractivity contribution is -0.128. The number of carbonyl (C=O) groups excluding carboxylic acids is 2. The maximum absolute atomic E-state index is 11.3. The molecular weight excluding hydrogens is 192 g/mol. The normalized spacial score (nSPS) is 10.2. The largest absolute Gasteiger partial charge is 0.301 e. The first-order valence-corrected chi connectivity index (χ1v) is 4.47. The first-order valence-electron chi connectivity index (χ1n) is 4.47. The average molecular weight is 204 g/mol. The molecule has 0 aliphatic heterocycles. The van der Waals surface area contributed by atoms with Gasteiger partial charge in [-0.25, -0.2) is 5.84 Å². The van der Waals surface area contributed by atoms with E-state index in [1.165, 1.54) is 6.08 Å². The highest BCUT2D eigenvalue weighted by atomic mass is 16.2. The molecule has 4 nitrogen and oxygen atoms in total. The van der Waals surface area contributed by atoms with Gasteiger partial charge in [-0.15, -0.1) is 0 Å². The molecule has 1 aromatic carbocycles. The number of hydrogen-bond donors (Lipinski definition) is 1. The maximum atomic E-state index is 11.3. The van der Waals surface area contributed by atoms with Crippen LogP contribution in [0.1, 0.15) is 5.56 Å². The van der Waals surface area contributed by atoms with Crippen molar-refractivity contribution in [1.82, 2.24) is 5.01 Å². The van der Waals surface area contributed by atoms with Crippen molar-refractivity contribution in [2.24, 2.45) is 5.84 Å². The highest BCUT2D eigenvalue weighted by Gasteiger charge is 2.02. The molecule has 0 fully saturated rings. The van der Waals surface area contributed by atoms with Crippen LogP contribution in [0.4, 0.5) is 0 Å². The molecule has 0 heterocycles. The van der Waals surface area contributed by atoms with E-state index < -0.39 is 5.91 Å². The van der Waals surface area contributed by atoms with Crippen molar-refractivity contribution in [3.8, 4) is 0 Å². The fourth-order valence-corrected chi connectivity index (χ4v) is 0.998. The lowest BCUT2D eigenvalue weighted by Crippen LogP contribution is -2.37. The van der Waals surface area contributed by atoms with Gasteiger partial charge in [0.2, 0.25) is 0 Å². The molecule has 0 saturated heterocycles. The summed E-state index contributed by atoms with van der Waals surface area (Å²) in [5, 5.41) is 0.854. The minimum atomic E-state index is -0.397. The third kappa shape index (κ3) is 3.74. The Morgan fingerprint density at radius 3 is 2.60 bits per heavy atom. The lowest BCUT2D eigenvalue weighted by atomic mass is 10.2. The van der Waals surface area contributed by atoms with E-state index in [9.17, 15) is 9.59 Å². The summed E-state index contributed by atoms with van der Waals surface area (Å²) in [5.74, 6) is 4.90. The number of amides is 1. The van der Waals surface area contributed by atoms with Crippen LogP contribution >= 0.6 is 0 Å². The van der Waals surface area contributed by atoms with E-state index in [0.717, 1.165) is 10.6 Å². The van der Waals surface area contributed by atoms with Crippen LogP contribution in [-0.4, -0.2) is 23.7 Å². The van der Waals surface area contributed by atoms with Crippen LogP contribution in [0.2, 0.25) is 0 Å². The van der Waals surface area contributed by atoms with Crippen LogP contribution in [0.15, 0.2) is 36.4 Å². The second kappa shape index (κ2) is 5.72. The standard InChI is InChI=1S/C11H12N2O2/c12-13(8-9-14)11(15)7-6-10-4-2-1-3-5-10/h1-7,9H,8,12H2/b7-6+. The van der Waals surface area contributed by atoms with Gasteiger partial charge in [0, 0.05) is 6.08 Å². The van der Waals surface area contributed by atoms with Crippen LogP contribution in [0.5, 0.6) is 0 Å². The molecule has 0 unspecified atom stereocenters. The highest BCUT2D eigenvalue weighted by molar-refractivity contribution is 5.92.